The van der Waals surface area contributed by atoms with E-state index < -0.39 is 0 Å². The Hall–Kier alpha value is -1.97. The largest absolute Gasteiger partial charge is 0.326 e. The number of hydrogen-bond donors (Lipinski definition) is 2. The molecule has 2 aromatic carbocycles. The van der Waals surface area contributed by atoms with Gasteiger partial charge in [-0.05, 0) is 22.3 Å². The summed E-state index contributed by atoms with van der Waals surface area (Å²) < 4.78 is 0. The molecule has 0 aromatic heterocycles. The molecule has 0 aliphatic heterocycles. The van der Waals surface area contributed by atoms with E-state index >= 15 is 0 Å². The molecule has 0 saturated heterocycles. The smallest absolute Gasteiger partial charge is 0.120 e. The third-order valence-corrected chi connectivity index (χ3v) is 3.51. The van der Waals surface area contributed by atoms with Gasteiger partial charge in [0.05, 0.1) is 0 Å². The monoisotopic (exact) mass is 268 g/mol. The molecule has 3 nitrogen and oxygen atoms in total. The highest BCUT2D eigenvalue weighted by atomic mass is 16.1. The van der Waals surface area contributed by atoms with Gasteiger partial charge in [0.15, 0.2) is 0 Å². The van der Waals surface area contributed by atoms with Gasteiger partial charge < -0.3 is 16.3 Å². The van der Waals surface area contributed by atoms with Crippen LogP contribution in [0.25, 0.3) is 0 Å². The molecule has 0 aliphatic carbocycles. The topological polar surface area (TPSA) is 69.1 Å². The lowest BCUT2D eigenvalue weighted by molar-refractivity contribution is -0.108. The van der Waals surface area contributed by atoms with Crippen LogP contribution in [0.1, 0.15) is 34.6 Å². The Morgan fingerprint density at radius 2 is 1.40 bits per heavy atom. The zero-order valence-corrected chi connectivity index (χ0v) is 11.5. The van der Waals surface area contributed by atoms with E-state index in [0.29, 0.717) is 19.5 Å². The average molecular weight is 268 g/mol. The Labute approximate surface area is 119 Å². The summed E-state index contributed by atoms with van der Waals surface area (Å²) >= 11 is 0. The van der Waals surface area contributed by atoms with Crippen LogP contribution in [0.4, 0.5) is 0 Å². The van der Waals surface area contributed by atoms with Crippen molar-refractivity contribution in [1.82, 2.24) is 0 Å². The van der Waals surface area contributed by atoms with E-state index in [2.05, 4.69) is 12.1 Å². The minimum atomic E-state index is 0.0606. The number of benzene rings is 2. The van der Waals surface area contributed by atoms with Crippen LogP contribution in [0, 0.1) is 0 Å². The van der Waals surface area contributed by atoms with Gasteiger partial charge in [-0.15, -0.1) is 0 Å². The zero-order chi connectivity index (χ0) is 14.4. The second kappa shape index (κ2) is 6.98. The minimum Gasteiger partial charge on any atom is -0.326 e. The fraction of sp³-hybridized carbons (Fsp3) is 0.235. The van der Waals surface area contributed by atoms with E-state index in [-0.39, 0.29) is 5.92 Å². The molecule has 0 atom stereocenters. The molecule has 0 amide bonds. The third-order valence-electron chi connectivity index (χ3n) is 3.51. The van der Waals surface area contributed by atoms with Crippen LogP contribution in [0.2, 0.25) is 0 Å². The van der Waals surface area contributed by atoms with Crippen molar-refractivity contribution in [3.05, 3.63) is 70.8 Å². The molecule has 3 heteroatoms. The Balaban J connectivity index is 2.41. The first kappa shape index (κ1) is 14.4. The number of rotatable bonds is 6. The van der Waals surface area contributed by atoms with Crippen molar-refractivity contribution in [3.8, 4) is 0 Å². The number of carbonyl (C=O) groups is 1. The van der Waals surface area contributed by atoms with Crippen molar-refractivity contribution in [2.45, 2.75) is 25.4 Å². The average Bonchev–Trinajstić information content (AvgIpc) is 2.52. The van der Waals surface area contributed by atoms with Crippen LogP contribution in [-0.4, -0.2) is 6.29 Å². The first-order chi connectivity index (χ1) is 9.78. The molecule has 0 unspecified atom stereocenters. The van der Waals surface area contributed by atoms with Crippen molar-refractivity contribution in [3.63, 3.8) is 0 Å². The van der Waals surface area contributed by atoms with E-state index in [1.165, 1.54) is 0 Å². The molecule has 0 saturated carbocycles. The number of aldehydes is 1. The van der Waals surface area contributed by atoms with Crippen molar-refractivity contribution >= 4 is 6.29 Å². The highest BCUT2D eigenvalue weighted by Crippen LogP contribution is 2.28. The van der Waals surface area contributed by atoms with Crippen LogP contribution in [0.5, 0.6) is 0 Å². The molecule has 20 heavy (non-hydrogen) atoms. The minimum absolute atomic E-state index is 0.0606. The molecule has 104 valence electrons. The van der Waals surface area contributed by atoms with Gasteiger partial charge in [0.25, 0.3) is 0 Å². The van der Waals surface area contributed by atoms with Gasteiger partial charge in [0.1, 0.15) is 6.29 Å². The van der Waals surface area contributed by atoms with Gasteiger partial charge in [-0.3, -0.25) is 0 Å². The second-order valence-electron chi connectivity index (χ2n) is 4.85. The Bertz CT molecular complexity index is 533. The zero-order valence-electron chi connectivity index (χ0n) is 11.5. The SMILES string of the molecule is NCc1cccc(C(CC=O)c2cccc(CN)c2)c1. The molecule has 0 fully saturated rings. The molecular weight excluding hydrogens is 248 g/mol. The van der Waals surface area contributed by atoms with Crippen molar-refractivity contribution in [1.29, 1.82) is 0 Å². The molecule has 4 N–H and O–H groups in total. The summed E-state index contributed by atoms with van der Waals surface area (Å²) in [6, 6.07) is 16.2. The maximum Gasteiger partial charge on any atom is 0.120 e. The van der Waals surface area contributed by atoms with E-state index in [9.17, 15) is 4.79 Å². The summed E-state index contributed by atoms with van der Waals surface area (Å²) in [5.74, 6) is 0.0606. The van der Waals surface area contributed by atoms with Gasteiger partial charge in [0, 0.05) is 25.4 Å². The Morgan fingerprint density at radius 3 is 1.80 bits per heavy atom. The maximum atomic E-state index is 11.0. The molecule has 0 aliphatic rings. The van der Waals surface area contributed by atoms with E-state index in [1.807, 2.05) is 36.4 Å². The van der Waals surface area contributed by atoms with E-state index in [0.717, 1.165) is 28.5 Å². The highest BCUT2D eigenvalue weighted by molar-refractivity contribution is 5.54. The first-order valence-electron chi connectivity index (χ1n) is 6.80. The van der Waals surface area contributed by atoms with Crippen LogP contribution < -0.4 is 11.5 Å². The molecule has 0 spiro atoms. The second-order valence-corrected chi connectivity index (χ2v) is 4.85. The van der Waals surface area contributed by atoms with Crippen molar-refractivity contribution in [2.24, 2.45) is 11.5 Å². The van der Waals surface area contributed by atoms with Crippen LogP contribution >= 0.6 is 0 Å². The predicted molar refractivity (Wildman–Crippen MR) is 81.2 cm³/mol. The lowest BCUT2D eigenvalue weighted by atomic mass is 9.87. The Morgan fingerprint density at radius 1 is 0.900 bits per heavy atom. The third kappa shape index (κ3) is 3.32. The van der Waals surface area contributed by atoms with Gasteiger partial charge in [0.2, 0.25) is 0 Å². The fourth-order valence-corrected chi connectivity index (χ4v) is 2.43. The normalized spacial score (nSPS) is 10.8. The number of carbonyl (C=O) groups excluding carboxylic acids is 1. The molecule has 0 radical (unpaired) electrons. The summed E-state index contributed by atoms with van der Waals surface area (Å²) in [4.78, 5) is 11.0. The van der Waals surface area contributed by atoms with Crippen molar-refractivity contribution < 1.29 is 4.79 Å². The summed E-state index contributed by atoms with van der Waals surface area (Å²) in [7, 11) is 0. The molecule has 2 aromatic rings. The Kier molecular flexibility index (Phi) is 5.04. The number of hydrogen-bond acceptors (Lipinski definition) is 3. The molecule has 2 rings (SSSR count). The fourth-order valence-electron chi connectivity index (χ4n) is 2.43. The predicted octanol–water partition coefficient (Wildman–Crippen LogP) is 2.32. The van der Waals surface area contributed by atoms with Gasteiger partial charge in [-0.1, -0.05) is 48.5 Å². The standard InChI is InChI=1S/C17H20N2O/c18-11-13-3-1-5-15(9-13)17(7-8-20)16-6-2-4-14(10-16)12-19/h1-6,8-10,17H,7,11-12,18-19H2. The van der Waals surface area contributed by atoms with Crippen LogP contribution in [0.3, 0.4) is 0 Å². The lowest BCUT2D eigenvalue weighted by Gasteiger charge is -2.17. The summed E-state index contributed by atoms with van der Waals surface area (Å²) in [5.41, 5.74) is 15.8. The lowest BCUT2D eigenvalue weighted by Crippen LogP contribution is -2.05. The summed E-state index contributed by atoms with van der Waals surface area (Å²) in [5, 5.41) is 0. The maximum absolute atomic E-state index is 11.0. The first-order valence-corrected chi connectivity index (χ1v) is 6.80. The van der Waals surface area contributed by atoms with Crippen LogP contribution in [0.15, 0.2) is 48.5 Å². The molecule has 0 bridgehead atoms. The highest BCUT2D eigenvalue weighted by Gasteiger charge is 2.14. The summed E-state index contributed by atoms with van der Waals surface area (Å²) in [6.07, 6.45) is 1.43. The van der Waals surface area contributed by atoms with E-state index in [1.54, 1.807) is 0 Å². The number of nitrogens with two attached hydrogens (primary N) is 2. The van der Waals surface area contributed by atoms with Gasteiger partial charge >= 0.3 is 0 Å². The van der Waals surface area contributed by atoms with Crippen LogP contribution in [-0.2, 0) is 17.9 Å². The molecular formula is C17H20N2O. The van der Waals surface area contributed by atoms with Crippen molar-refractivity contribution in [2.75, 3.05) is 0 Å². The quantitative estimate of drug-likeness (QED) is 0.790. The van der Waals surface area contributed by atoms with E-state index in [4.69, 9.17) is 11.5 Å². The molecule has 0 heterocycles. The summed E-state index contributed by atoms with van der Waals surface area (Å²) in [6.45, 7) is 1.01. The van der Waals surface area contributed by atoms with Gasteiger partial charge in [-0.25, -0.2) is 0 Å². The van der Waals surface area contributed by atoms with Gasteiger partial charge in [-0.2, -0.15) is 0 Å².